The lowest BCUT2D eigenvalue weighted by atomic mass is 10.1. The highest BCUT2D eigenvalue weighted by Gasteiger charge is 2.06. The Balaban J connectivity index is 2.15. The molecule has 2 aromatic rings. The minimum atomic E-state index is -0.425. The summed E-state index contributed by atoms with van der Waals surface area (Å²) in [4.78, 5) is 10.2. The zero-order valence-corrected chi connectivity index (χ0v) is 14.0. The van der Waals surface area contributed by atoms with Crippen LogP contribution in [0.3, 0.4) is 0 Å². The van der Waals surface area contributed by atoms with Crippen molar-refractivity contribution in [3.05, 3.63) is 63.7 Å². The van der Waals surface area contributed by atoms with Gasteiger partial charge in [-0.3, -0.25) is 10.1 Å². The van der Waals surface area contributed by atoms with Crippen LogP contribution < -0.4 is 9.47 Å². The van der Waals surface area contributed by atoms with Gasteiger partial charge in [-0.25, -0.2) is 0 Å². The third-order valence-electron chi connectivity index (χ3n) is 3.20. The Morgan fingerprint density at radius 1 is 0.880 bits per heavy atom. The van der Waals surface area contributed by atoms with E-state index < -0.39 is 4.92 Å². The van der Waals surface area contributed by atoms with E-state index in [-0.39, 0.29) is 19.3 Å². The van der Waals surface area contributed by atoms with Gasteiger partial charge in [-0.2, -0.15) is 0 Å². The topological polar surface area (TPSA) is 80.1 Å². The molecule has 0 saturated carbocycles. The van der Waals surface area contributed by atoms with E-state index in [9.17, 15) is 10.1 Å². The second-order valence-electron chi connectivity index (χ2n) is 4.99. The molecule has 0 spiro atoms. The van der Waals surface area contributed by atoms with Gasteiger partial charge in [-0.15, -0.1) is 0 Å². The highest BCUT2D eigenvalue weighted by molar-refractivity contribution is 5.71. The zero-order valence-electron chi connectivity index (χ0n) is 14.0. The zero-order chi connectivity index (χ0) is 18.1. The molecule has 0 aromatic heterocycles. The van der Waals surface area contributed by atoms with Gasteiger partial charge in [0.2, 0.25) is 0 Å². The number of benzene rings is 2. The second-order valence-corrected chi connectivity index (χ2v) is 4.99. The number of non-ortho nitro benzene ring substituents is 1. The van der Waals surface area contributed by atoms with Crippen molar-refractivity contribution in [2.75, 3.05) is 27.8 Å². The summed E-state index contributed by atoms with van der Waals surface area (Å²) < 4.78 is 20.8. The molecule has 0 aliphatic carbocycles. The van der Waals surface area contributed by atoms with Crippen molar-refractivity contribution in [1.82, 2.24) is 0 Å². The summed E-state index contributed by atoms with van der Waals surface area (Å²) in [5, 5.41) is 10.7. The predicted molar refractivity (Wildman–Crippen MR) is 93.5 cm³/mol. The molecular formula is C18H19NO6. The Kier molecular flexibility index (Phi) is 6.94. The fourth-order valence-electron chi connectivity index (χ4n) is 2.00. The van der Waals surface area contributed by atoms with E-state index >= 15 is 0 Å². The van der Waals surface area contributed by atoms with Crippen molar-refractivity contribution in [2.24, 2.45) is 0 Å². The quantitative estimate of drug-likeness (QED) is 0.298. The lowest BCUT2D eigenvalue weighted by molar-refractivity contribution is -0.384. The Morgan fingerprint density at radius 3 is 2.04 bits per heavy atom. The largest absolute Gasteiger partial charge is 0.464 e. The van der Waals surface area contributed by atoms with Crippen molar-refractivity contribution in [1.29, 1.82) is 0 Å². The summed E-state index contributed by atoms with van der Waals surface area (Å²) in [5.74, 6) is 1.08. The molecule has 7 nitrogen and oxygen atoms in total. The third kappa shape index (κ3) is 5.59. The number of rotatable bonds is 9. The SMILES string of the molecule is COCOc1ccc(C=Cc2ccc([N+](=O)[O-])cc2)cc1OCOC. The van der Waals surface area contributed by atoms with Gasteiger partial charge in [0, 0.05) is 26.4 Å². The van der Waals surface area contributed by atoms with E-state index in [1.54, 1.807) is 18.2 Å². The number of nitrogens with zero attached hydrogens (tertiary/aromatic N) is 1. The summed E-state index contributed by atoms with van der Waals surface area (Å²) in [6.07, 6.45) is 3.73. The van der Waals surface area contributed by atoms with Crippen LogP contribution in [0.15, 0.2) is 42.5 Å². The van der Waals surface area contributed by atoms with E-state index in [4.69, 9.17) is 18.9 Å². The highest BCUT2D eigenvalue weighted by Crippen LogP contribution is 2.29. The van der Waals surface area contributed by atoms with Crippen LogP contribution in [-0.2, 0) is 9.47 Å². The first-order valence-corrected chi connectivity index (χ1v) is 7.44. The van der Waals surface area contributed by atoms with E-state index in [0.29, 0.717) is 11.5 Å². The first kappa shape index (κ1) is 18.4. The maximum Gasteiger partial charge on any atom is 0.269 e. The van der Waals surface area contributed by atoms with E-state index in [2.05, 4.69) is 0 Å². The average molecular weight is 345 g/mol. The van der Waals surface area contributed by atoms with Crippen LogP contribution in [0.1, 0.15) is 11.1 Å². The molecular weight excluding hydrogens is 326 g/mol. The molecule has 0 heterocycles. The average Bonchev–Trinajstić information content (AvgIpc) is 2.64. The van der Waals surface area contributed by atoms with Crippen LogP contribution in [0.2, 0.25) is 0 Å². The van der Waals surface area contributed by atoms with Gasteiger partial charge in [0.1, 0.15) is 0 Å². The van der Waals surface area contributed by atoms with Crippen molar-refractivity contribution >= 4 is 17.8 Å². The molecule has 0 fully saturated rings. The second kappa shape index (κ2) is 9.41. The van der Waals surface area contributed by atoms with Gasteiger partial charge in [-0.1, -0.05) is 18.2 Å². The van der Waals surface area contributed by atoms with Crippen molar-refractivity contribution < 1.29 is 23.9 Å². The fourth-order valence-corrected chi connectivity index (χ4v) is 2.00. The summed E-state index contributed by atoms with van der Waals surface area (Å²) in [6.45, 7) is 0.209. The molecule has 7 heteroatoms. The summed E-state index contributed by atoms with van der Waals surface area (Å²) in [5.41, 5.74) is 1.80. The lowest BCUT2D eigenvalue weighted by Crippen LogP contribution is -2.04. The molecule has 0 radical (unpaired) electrons. The predicted octanol–water partition coefficient (Wildman–Crippen LogP) is 3.73. The van der Waals surface area contributed by atoms with Gasteiger partial charge in [0.15, 0.2) is 25.1 Å². The van der Waals surface area contributed by atoms with Gasteiger partial charge < -0.3 is 18.9 Å². The minimum absolute atomic E-state index is 0.0621. The van der Waals surface area contributed by atoms with E-state index in [1.807, 2.05) is 24.3 Å². The normalized spacial score (nSPS) is 10.8. The molecule has 0 bridgehead atoms. The molecule has 132 valence electrons. The van der Waals surface area contributed by atoms with Crippen LogP contribution in [0.4, 0.5) is 5.69 Å². The lowest BCUT2D eigenvalue weighted by Gasteiger charge is -2.12. The molecule has 2 aromatic carbocycles. The molecule has 0 unspecified atom stereocenters. The summed E-state index contributed by atoms with van der Waals surface area (Å²) in [6, 6.07) is 11.8. The number of hydrogen-bond donors (Lipinski definition) is 0. The first-order valence-electron chi connectivity index (χ1n) is 7.44. The molecule has 25 heavy (non-hydrogen) atoms. The van der Waals surface area contributed by atoms with Gasteiger partial charge in [-0.05, 0) is 35.4 Å². The van der Waals surface area contributed by atoms with Crippen LogP contribution in [0.25, 0.3) is 12.2 Å². The number of nitro groups is 1. The highest BCUT2D eigenvalue weighted by atomic mass is 16.7. The number of hydrogen-bond acceptors (Lipinski definition) is 6. The maximum atomic E-state index is 10.7. The fraction of sp³-hybridized carbons (Fsp3) is 0.222. The Bertz CT molecular complexity index is 727. The standard InChI is InChI=1S/C18H19NO6/c1-22-12-24-17-10-7-15(11-18(17)25-13-23-2)4-3-14-5-8-16(9-6-14)19(20)21/h3-11H,12-13H2,1-2H3. The molecule has 0 atom stereocenters. The molecule has 0 N–H and O–H groups in total. The van der Waals surface area contributed by atoms with Gasteiger partial charge in [0.25, 0.3) is 5.69 Å². The summed E-state index contributed by atoms with van der Waals surface area (Å²) >= 11 is 0. The minimum Gasteiger partial charge on any atom is -0.464 e. The number of nitro benzene ring substituents is 1. The third-order valence-corrected chi connectivity index (χ3v) is 3.20. The van der Waals surface area contributed by atoms with E-state index in [1.165, 1.54) is 26.4 Å². The first-order chi connectivity index (χ1) is 12.1. The molecule has 0 amide bonds. The smallest absolute Gasteiger partial charge is 0.269 e. The van der Waals surface area contributed by atoms with Gasteiger partial charge >= 0.3 is 0 Å². The Morgan fingerprint density at radius 2 is 1.44 bits per heavy atom. The van der Waals surface area contributed by atoms with Crippen molar-refractivity contribution in [3.63, 3.8) is 0 Å². The van der Waals surface area contributed by atoms with Crippen molar-refractivity contribution in [2.45, 2.75) is 0 Å². The molecule has 2 rings (SSSR count). The molecule has 0 aliphatic heterocycles. The van der Waals surface area contributed by atoms with Crippen LogP contribution in [-0.4, -0.2) is 32.7 Å². The van der Waals surface area contributed by atoms with E-state index in [0.717, 1.165) is 11.1 Å². The van der Waals surface area contributed by atoms with Crippen LogP contribution in [0.5, 0.6) is 11.5 Å². The van der Waals surface area contributed by atoms with Crippen molar-refractivity contribution in [3.8, 4) is 11.5 Å². The van der Waals surface area contributed by atoms with Crippen LogP contribution >= 0.6 is 0 Å². The Hall–Kier alpha value is -2.90. The summed E-state index contributed by atoms with van der Waals surface area (Å²) in [7, 11) is 3.07. The number of methoxy groups -OCH3 is 2. The molecule has 0 aliphatic rings. The van der Waals surface area contributed by atoms with Crippen LogP contribution in [0, 0.1) is 10.1 Å². The Labute approximate surface area is 145 Å². The monoisotopic (exact) mass is 345 g/mol. The maximum absolute atomic E-state index is 10.7. The number of ether oxygens (including phenoxy) is 4. The molecule has 0 saturated heterocycles. The van der Waals surface area contributed by atoms with Gasteiger partial charge in [0.05, 0.1) is 4.92 Å².